The number of benzene rings is 2. The Hall–Kier alpha value is -4.15. The van der Waals surface area contributed by atoms with Gasteiger partial charge in [-0.3, -0.25) is 19.8 Å². The van der Waals surface area contributed by atoms with Crippen LogP contribution < -0.4 is 25.4 Å². The highest BCUT2D eigenvalue weighted by molar-refractivity contribution is 6.11. The highest BCUT2D eigenvalue weighted by atomic mass is 19.1. The summed E-state index contributed by atoms with van der Waals surface area (Å²) in [6.45, 7) is 1.83. The van der Waals surface area contributed by atoms with Crippen LogP contribution in [0.15, 0.2) is 42.5 Å². The summed E-state index contributed by atoms with van der Waals surface area (Å²) in [5.74, 6) is -1.01. The number of hydrogen-bond donors (Lipinski definition) is 3. The molecule has 172 valence electrons. The molecular formula is C22H21FN4O6. The lowest BCUT2D eigenvalue weighted by atomic mass is 9.87. The largest absolute Gasteiger partial charge is 0.486 e. The van der Waals surface area contributed by atoms with E-state index in [0.717, 1.165) is 4.90 Å². The van der Waals surface area contributed by atoms with Crippen LogP contribution in [0, 0.1) is 5.82 Å². The Morgan fingerprint density at radius 1 is 1.09 bits per heavy atom. The van der Waals surface area contributed by atoms with Gasteiger partial charge >= 0.3 is 12.1 Å². The molecule has 2 aromatic carbocycles. The Kier molecular flexibility index (Phi) is 5.86. The van der Waals surface area contributed by atoms with Crippen LogP contribution in [0.1, 0.15) is 18.9 Å². The fraction of sp³-hybridized carbons (Fsp3) is 0.273. The normalized spacial score (nSPS) is 19.2. The Bertz CT molecular complexity index is 1120. The minimum Gasteiger partial charge on any atom is -0.486 e. The van der Waals surface area contributed by atoms with Gasteiger partial charge in [0.05, 0.1) is 0 Å². The van der Waals surface area contributed by atoms with Crippen LogP contribution in [0.4, 0.5) is 19.7 Å². The van der Waals surface area contributed by atoms with Crippen LogP contribution in [-0.4, -0.2) is 48.5 Å². The van der Waals surface area contributed by atoms with Gasteiger partial charge in [-0.15, -0.1) is 0 Å². The summed E-state index contributed by atoms with van der Waals surface area (Å²) in [5, 5.41) is 7.16. The van der Waals surface area contributed by atoms with Gasteiger partial charge in [0, 0.05) is 11.8 Å². The third-order valence-electron chi connectivity index (χ3n) is 5.40. The van der Waals surface area contributed by atoms with Crippen molar-refractivity contribution in [2.75, 3.05) is 25.1 Å². The Labute approximate surface area is 188 Å². The first-order chi connectivity index (χ1) is 15.8. The van der Waals surface area contributed by atoms with Gasteiger partial charge in [-0.25, -0.2) is 14.0 Å². The van der Waals surface area contributed by atoms with Gasteiger partial charge in [0.25, 0.3) is 5.91 Å². The number of amides is 6. The molecular weight excluding hydrogens is 435 g/mol. The molecule has 3 N–H and O–H groups in total. The van der Waals surface area contributed by atoms with Gasteiger partial charge in [0.15, 0.2) is 11.5 Å². The van der Waals surface area contributed by atoms with Crippen molar-refractivity contribution in [3.05, 3.63) is 53.8 Å². The van der Waals surface area contributed by atoms with Crippen molar-refractivity contribution in [3.63, 3.8) is 0 Å². The van der Waals surface area contributed by atoms with Crippen LogP contribution >= 0.6 is 0 Å². The first-order valence-electron chi connectivity index (χ1n) is 10.2. The number of urea groups is 2. The molecule has 0 radical (unpaired) electrons. The number of nitrogens with one attached hydrogen (secondary N) is 3. The highest BCUT2D eigenvalue weighted by Gasteiger charge is 2.51. The van der Waals surface area contributed by atoms with Gasteiger partial charge in [-0.05, 0) is 36.2 Å². The van der Waals surface area contributed by atoms with Crippen molar-refractivity contribution >= 4 is 29.6 Å². The lowest BCUT2D eigenvalue weighted by molar-refractivity contribution is -0.135. The van der Waals surface area contributed by atoms with Crippen LogP contribution in [0.25, 0.3) is 0 Å². The summed E-state index contributed by atoms with van der Waals surface area (Å²) in [6, 6.07) is 8.30. The zero-order chi connectivity index (χ0) is 23.6. The van der Waals surface area contributed by atoms with Crippen molar-refractivity contribution in [2.24, 2.45) is 0 Å². The van der Waals surface area contributed by atoms with Crippen molar-refractivity contribution < 1.29 is 33.0 Å². The summed E-state index contributed by atoms with van der Waals surface area (Å²) in [6.07, 6.45) is 0.186. The summed E-state index contributed by atoms with van der Waals surface area (Å²) in [4.78, 5) is 50.8. The van der Waals surface area contributed by atoms with E-state index in [0.29, 0.717) is 36.0 Å². The maximum atomic E-state index is 13.3. The monoisotopic (exact) mass is 456 g/mol. The molecule has 2 heterocycles. The topological polar surface area (TPSA) is 126 Å². The fourth-order valence-electron chi connectivity index (χ4n) is 3.74. The summed E-state index contributed by atoms with van der Waals surface area (Å²) in [5.41, 5.74) is -0.664. The molecule has 0 aliphatic carbocycles. The fourth-order valence-corrected chi connectivity index (χ4v) is 3.74. The molecule has 2 aliphatic heterocycles. The van der Waals surface area contributed by atoms with Crippen molar-refractivity contribution in [1.29, 1.82) is 0 Å². The predicted octanol–water partition coefficient (Wildman–Crippen LogP) is 2.10. The number of anilines is 1. The molecule has 0 spiro atoms. The minimum absolute atomic E-state index is 0.186. The van der Waals surface area contributed by atoms with Crippen LogP contribution in [0.3, 0.4) is 0 Å². The quantitative estimate of drug-likeness (QED) is 0.592. The van der Waals surface area contributed by atoms with E-state index in [1.807, 2.05) is 0 Å². The van der Waals surface area contributed by atoms with Crippen molar-refractivity contribution in [3.8, 4) is 11.5 Å². The van der Waals surface area contributed by atoms with E-state index in [-0.39, 0.29) is 6.42 Å². The number of imide groups is 2. The van der Waals surface area contributed by atoms with E-state index in [1.54, 1.807) is 25.1 Å². The standard InChI is InChI=1S/C22H21FN4O6/c1-2-22(13-3-5-14(23)6-4-13)19(29)27(21(31)26-22)12-18(28)25-20(30)24-15-7-8-16-17(11-15)33-10-9-32-16/h3-8,11H,2,9-10,12H2,1H3,(H,26,31)(H2,24,25,28,30). The second-order valence-electron chi connectivity index (χ2n) is 7.45. The van der Waals surface area contributed by atoms with E-state index in [2.05, 4.69) is 16.0 Å². The molecule has 10 nitrogen and oxygen atoms in total. The zero-order valence-electron chi connectivity index (χ0n) is 17.6. The molecule has 1 atom stereocenters. The maximum absolute atomic E-state index is 13.3. The van der Waals surface area contributed by atoms with E-state index < -0.39 is 41.8 Å². The van der Waals surface area contributed by atoms with Crippen LogP contribution in [0.2, 0.25) is 0 Å². The number of rotatable bonds is 5. The van der Waals surface area contributed by atoms with Gasteiger partial charge in [-0.2, -0.15) is 0 Å². The molecule has 0 aromatic heterocycles. The second-order valence-corrected chi connectivity index (χ2v) is 7.45. The van der Waals surface area contributed by atoms with Gasteiger partial charge < -0.3 is 20.1 Å². The first kappa shape index (κ1) is 22.1. The summed E-state index contributed by atoms with van der Waals surface area (Å²) >= 11 is 0. The maximum Gasteiger partial charge on any atom is 0.325 e. The van der Waals surface area contributed by atoms with Gasteiger partial charge in [0.2, 0.25) is 5.91 Å². The molecule has 2 aliphatic rings. The SMILES string of the molecule is CCC1(c2ccc(F)cc2)NC(=O)N(CC(=O)NC(=O)Nc2ccc3c(c2)OCCO3)C1=O. The van der Waals surface area contributed by atoms with E-state index >= 15 is 0 Å². The van der Waals surface area contributed by atoms with Gasteiger partial charge in [0.1, 0.15) is 31.1 Å². The number of halogens is 1. The molecule has 2 aromatic rings. The van der Waals surface area contributed by atoms with Gasteiger partial charge in [-0.1, -0.05) is 19.1 Å². The summed E-state index contributed by atoms with van der Waals surface area (Å²) in [7, 11) is 0. The number of nitrogens with zero attached hydrogens (tertiary/aromatic N) is 1. The molecule has 1 saturated heterocycles. The zero-order valence-corrected chi connectivity index (χ0v) is 17.6. The molecule has 0 saturated carbocycles. The van der Waals surface area contributed by atoms with Crippen molar-refractivity contribution in [2.45, 2.75) is 18.9 Å². The Morgan fingerprint density at radius 2 is 1.79 bits per heavy atom. The predicted molar refractivity (Wildman–Crippen MR) is 113 cm³/mol. The van der Waals surface area contributed by atoms with E-state index in [9.17, 15) is 23.6 Å². The molecule has 0 bridgehead atoms. The number of carbonyl (C=O) groups is 4. The van der Waals surface area contributed by atoms with E-state index in [4.69, 9.17) is 9.47 Å². The number of hydrogen-bond acceptors (Lipinski definition) is 6. The Morgan fingerprint density at radius 3 is 2.48 bits per heavy atom. The first-order valence-corrected chi connectivity index (χ1v) is 10.2. The second kappa shape index (κ2) is 8.77. The third-order valence-corrected chi connectivity index (χ3v) is 5.40. The summed E-state index contributed by atoms with van der Waals surface area (Å²) < 4.78 is 24.1. The van der Waals surface area contributed by atoms with Crippen molar-refractivity contribution in [1.82, 2.24) is 15.5 Å². The molecule has 1 fully saturated rings. The third kappa shape index (κ3) is 4.29. The van der Waals surface area contributed by atoms with Crippen LogP contribution in [0.5, 0.6) is 11.5 Å². The number of fused-ring (bicyclic) bond motifs is 1. The highest BCUT2D eigenvalue weighted by Crippen LogP contribution is 2.33. The lowest BCUT2D eigenvalue weighted by Crippen LogP contribution is -2.46. The molecule has 1 unspecified atom stereocenters. The molecule has 4 rings (SSSR count). The molecule has 6 amide bonds. The average molecular weight is 456 g/mol. The van der Waals surface area contributed by atoms with Crippen LogP contribution in [-0.2, 0) is 15.1 Å². The smallest absolute Gasteiger partial charge is 0.325 e. The minimum atomic E-state index is -1.42. The lowest BCUT2D eigenvalue weighted by Gasteiger charge is -2.25. The Balaban J connectivity index is 1.39. The van der Waals surface area contributed by atoms with E-state index in [1.165, 1.54) is 24.3 Å². The number of ether oxygens (including phenoxy) is 2. The molecule has 33 heavy (non-hydrogen) atoms. The number of carbonyl (C=O) groups excluding carboxylic acids is 4. The molecule has 11 heteroatoms. The average Bonchev–Trinajstić information content (AvgIpc) is 3.04.